The Bertz CT molecular complexity index is 586. The van der Waals surface area contributed by atoms with E-state index in [0.717, 1.165) is 69.1 Å². The van der Waals surface area contributed by atoms with Gasteiger partial charge in [0.2, 0.25) is 5.13 Å². The minimum Gasteiger partial charge on any atom is -0.357 e. The summed E-state index contributed by atoms with van der Waals surface area (Å²) >= 11 is 1.53. The van der Waals surface area contributed by atoms with E-state index in [1.165, 1.54) is 31.0 Å². The molecule has 1 atom stereocenters. The molecule has 1 aromatic heterocycles. The molecular formula is C18H34IN7S. The second-order valence-electron chi connectivity index (χ2n) is 7.06. The van der Waals surface area contributed by atoms with Crippen LogP contribution in [-0.4, -0.2) is 84.0 Å². The van der Waals surface area contributed by atoms with Gasteiger partial charge in [0.1, 0.15) is 5.82 Å². The van der Waals surface area contributed by atoms with Crippen LogP contribution in [0.5, 0.6) is 0 Å². The van der Waals surface area contributed by atoms with E-state index in [2.05, 4.69) is 50.1 Å². The number of guanidine groups is 1. The number of hydrogen-bond donors (Lipinski definition) is 1. The largest absolute Gasteiger partial charge is 0.357 e. The van der Waals surface area contributed by atoms with Crippen LogP contribution in [0.15, 0.2) is 4.99 Å². The first-order valence-corrected chi connectivity index (χ1v) is 10.8. The predicted molar refractivity (Wildman–Crippen MR) is 125 cm³/mol. The van der Waals surface area contributed by atoms with E-state index in [-0.39, 0.29) is 24.0 Å². The van der Waals surface area contributed by atoms with Gasteiger partial charge in [-0.15, -0.1) is 24.0 Å². The predicted octanol–water partition coefficient (Wildman–Crippen LogP) is 2.15. The molecule has 1 aromatic rings. The zero-order valence-corrected chi connectivity index (χ0v) is 20.0. The van der Waals surface area contributed by atoms with Gasteiger partial charge < -0.3 is 20.0 Å². The summed E-state index contributed by atoms with van der Waals surface area (Å²) in [7, 11) is 0. The van der Waals surface area contributed by atoms with Crippen LogP contribution in [0.25, 0.3) is 0 Å². The van der Waals surface area contributed by atoms with Gasteiger partial charge in [-0.25, -0.2) is 4.98 Å². The number of piperazine rings is 1. The highest BCUT2D eigenvalue weighted by Gasteiger charge is 2.24. The minimum absolute atomic E-state index is 0. The van der Waals surface area contributed by atoms with E-state index in [0.29, 0.717) is 5.92 Å². The molecule has 27 heavy (non-hydrogen) atoms. The Morgan fingerprint density at radius 2 is 1.96 bits per heavy atom. The lowest BCUT2D eigenvalue weighted by Gasteiger charge is -2.36. The number of anilines is 1. The number of aliphatic imine (C=N–C) groups is 1. The Morgan fingerprint density at radius 1 is 1.19 bits per heavy atom. The Kier molecular flexibility index (Phi) is 9.51. The van der Waals surface area contributed by atoms with Crippen molar-refractivity contribution in [1.29, 1.82) is 0 Å². The number of aromatic nitrogens is 2. The number of nitrogens with zero attached hydrogens (tertiary/aromatic N) is 6. The third-order valence-corrected chi connectivity index (χ3v) is 6.09. The van der Waals surface area contributed by atoms with Gasteiger partial charge in [-0.3, -0.25) is 4.99 Å². The molecule has 0 spiro atoms. The van der Waals surface area contributed by atoms with Crippen LogP contribution in [0.1, 0.15) is 33.0 Å². The van der Waals surface area contributed by atoms with Crippen molar-refractivity contribution in [2.75, 3.05) is 63.8 Å². The Hall–Kier alpha value is -0.680. The highest BCUT2D eigenvalue weighted by Crippen LogP contribution is 2.20. The van der Waals surface area contributed by atoms with E-state index in [4.69, 9.17) is 4.99 Å². The van der Waals surface area contributed by atoms with E-state index in [9.17, 15) is 0 Å². The van der Waals surface area contributed by atoms with Gasteiger partial charge in [0.05, 0.1) is 0 Å². The molecule has 0 aliphatic carbocycles. The molecule has 0 saturated carbocycles. The van der Waals surface area contributed by atoms with Gasteiger partial charge in [0, 0.05) is 63.8 Å². The third kappa shape index (κ3) is 6.15. The van der Waals surface area contributed by atoms with Gasteiger partial charge in [-0.1, -0.05) is 13.8 Å². The van der Waals surface area contributed by atoms with Gasteiger partial charge in [-0.05, 0) is 32.4 Å². The molecule has 0 radical (unpaired) electrons. The van der Waals surface area contributed by atoms with Gasteiger partial charge in [0.15, 0.2) is 5.96 Å². The summed E-state index contributed by atoms with van der Waals surface area (Å²) in [6, 6.07) is 0. The first-order valence-electron chi connectivity index (χ1n) is 10.1. The zero-order valence-electron chi connectivity index (χ0n) is 16.9. The van der Waals surface area contributed by atoms with Gasteiger partial charge in [-0.2, -0.15) is 4.37 Å². The Balaban J connectivity index is 0.00000261. The maximum Gasteiger partial charge on any atom is 0.205 e. The van der Waals surface area contributed by atoms with Crippen LogP contribution < -0.4 is 10.2 Å². The molecule has 1 N–H and O–H groups in total. The number of aryl methyl sites for hydroxylation is 1. The molecule has 2 fully saturated rings. The highest BCUT2D eigenvalue weighted by atomic mass is 127. The van der Waals surface area contributed by atoms with Crippen LogP contribution in [0.2, 0.25) is 0 Å². The summed E-state index contributed by atoms with van der Waals surface area (Å²) in [5.74, 6) is 2.74. The first-order chi connectivity index (χ1) is 12.7. The summed E-state index contributed by atoms with van der Waals surface area (Å²) in [4.78, 5) is 16.9. The normalized spacial score (nSPS) is 21.4. The lowest BCUT2D eigenvalue weighted by molar-refractivity contribution is 0.342. The van der Waals surface area contributed by atoms with Gasteiger partial charge >= 0.3 is 0 Å². The summed E-state index contributed by atoms with van der Waals surface area (Å²) in [6.07, 6.45) is 2.19. The number of nitrogens with one attached hydrogen (secondary N) is 1. The number of likely N-dealkylation sites (tertiary alicyclic amines) is 1. The topological polar surface area (TPSA) is 59.9 Å². The minimum atomic E-state index is 0. The van der Waals surface area contributed by atoms with E-state index in [1.807, 2.05) is 0 Å². The number of rotatable bonds is 6. The molecule has 2 aliphatic rings. The monoisotopic (exact) mass is 507 g/mol. The molecule has 9 heteroatoms. The average Bonchev–Trinajstić information content (AvgIpc) is 3.34. The fourth-order valence-electron chi connectivity index (χ4n) is 3.62. The Labute approximate surface area is 184 Å². The molecule has 0 bridgehead atoms. The second-order valence-corrected chi connectivity index (χ2v) is 7.79. The third-order valence-electron chi connectivity index (χ3n) is 5.27. The van der Waals surface area contributed by atoms with Crippen molar-refractivity contribution < 1.29 is 0 Å². The molecule has 0 aromatic carbocycles. The van der Waals surface area contributed by atoms with Crippen LogP contribution in [-0.2, 0) is 6.42 Å². The molecule has 2 saturated heterocycles. The zero-order chi connectivity index (χ0) is 18.4. The summed E-state index contributed by atoms with van der Waals surface area (Å²) < 4.78 is 4.42. The molecule has 1 unspecified atom stereocenters. The smallest absolute Gasteiger partial charge is 0.205 e. The molecular weight excluding hydrogens is 473 g/mol. The molecule has 7 nitrogen and oxygen atoms in total. The van der Waals surface area contributed by atoms with Crippen molar-refractivity contribution in [3.63, 3.8) is 0 Å². The lowest BCUT2D eigenvalue weighted by atomic mass is 10.1. The standard InChI is InChI=1S/C18H33N7S.HI/c1-4-16-21-18(26-22-16)25-11-9-24(10-12-25)17(19-5-2)20-13-15-7-8-23(6-3)14-15;/h15H,4-14H2,1-3H3,(H,19,20);1H. The lowest BCUT2D eigenvalue weighted by Crippen LogP contribution is -2.52. The van der Waals surface area contributed by atoms with E-state index >= 15 is 0 Å². The number of hydrogen-bond acceptors (Lipinski definition) is 6. The van der Waals surface area contributed by atoms with Crippen molar-refractivity contribution in [1.82, 2.24) is 24.5 Å². The Morgan fingerprint density at radius 3 is 2.56 bits per heavy atom. The van der Waals surface area contributed by atoms with Crippen molar-refractivity contribution in [3.8, 4) is 0 Å². The van der Waals surface area contributed by atoms with Crippen molar-refractivity contribution in [3.05, 3.63) is 5.82 Å². The summed E-state index contributed by atoms with van der Waals surface area (Å²) in [6.45, 7) is 15.9. The average molecular weight is 507 g/mol. The summed E-state index contributed by atoms with van der Waals surface area (Å²) in [5.41, 5.74) is 0. The molecule has 3 rings (SSSR count). The van der Waals surface area contributed by atoms with E-state index in [1.54, 1.807) is 0 Å². The van der Waals surface area contributed by atoms with Crippen LogP contribution >= 0.6 is 35.5 Å². The van der Waals surface area contributed by atoms with Crippen LogP contribution in [0.3, 0.4) is 0 Å². The first kappa shape index (κ1) is 22.6. The van der Waals surface area contributed by atoms with Gasteiger partial charge in [0.25, 0.3) is 0 Å². The molecule has 0 amide bonds. The number of halogens is 1. The van der Waals surface area contributed by atoms with Crippen molar-refractivity contribution >= 4 is 46.6 Å². The van der Waals surface area contributed by atoms with E-state index < -0.39 is 0 Å². The molecule has 3 heterocycles. The quantitative estimate of drug-likeness (QED) is 0.362. The van der Waals surface area contributed by atoms with Crippen molar-refractivity contribution in [2.45, 2.75) is 33.6 Å². The second kappa shape index (κ2) is 11.4. The summed E-state index contributed by atoms with van der Waals surface area (Å²) in [5, 5.41) is 4.55. The van der Waals surface area contributed by atoms with Crippen LogP contribution in [0, 0.1) is 5.92 Å². The maximum atomic E-state index is 4.96. The highest BCUT2D eigenvalue weighted by molar-refractivity contribution is 14.0. The van der Waals surface area contributed by atoms with Crippen molar-refractivity contribution in [2.24, 2.45) is 10.9 Å². The van der Waals surface area contributed by atoms with Crippen LogP contribution in [0.4, 0.5) is 5.13 Å². The molecule has 154 valence electrons. The maximum absolute atomic E-state index is 4.96. The fraction of sp³-hybridized carbons (Fsp3) is 0.833. The molecule has 2 aliphatic heterocycles. The fourth-order valence-corrected chi connectivity index (χ4v) is 4.42. The SMILES string of the molecule is CCNC(=NCC1CCN(CC)C1)N1CCN(c2nc(CC)ns2)CC1.I.